The highest BCUT2D eigenvalue weighted by atomic mass is 35.5. The van der Waals surface area contributed by atoms with Crippen LogP contribution in [0, 0.1) is 18.3 Å². The average molecular weight is 439 g/mol. The van der Waals surface area contributed by atoms with Gasteiger partial charge in [-0.3, -0.25) is 4.79 Å². The maximum Gasteiger partial charge on any atom is 0.282 e. The number of ketones is 1. The molecule has 1 unspecified atom stereocenters. The summed E-state index contributed by atoms with van der Waals surface area (Å²) in [5, 5.41) is 5.58. The summed E-state index contributed by atoms with van der Waals surface area (Å²) in [6, 6.07) is 10.5. The van der Waals surface area contributed by atoms with Crippen molar-refractivity contribution in [3.63, 3.8) is 0 Å². The molecule has 6 rings (SSSR count). The van der Waals surface area contributed by atoms with Gasteiger partial charge in [-0.05, 0) is 67.5 Å². The highest BCUT2D eigenvalue weighted by Crippen LogP contribution is 2.63. The van der Waals surface area contributed by atoms with E-state index >= 15 is 0 Å². The van der Waals surface area contributed by atoms with E-state index in [1.165, 1.54) is 0 Å². The molecular weight excluding hydrogens is 420 g/mol. The van der Waals surface area contributed by atoms with Crippen LogP contribution in [-0.2, 0) is 21.2 Å². The van der Waals surface area contributed by atoms with E-state index in [-0.39, 0.29) is 22.0 Å². The standard InChI is InChI=1S/C23H19ClN2O3S/c1-13-2-4-15(5-3-13)30(28,29)26-12-18-17-11-23-9-8-14(10-23)22(27)21(24)20(23)16(17)6-7-19(18)25-26/h2-7,12,14H,8-11H2,1H3/t14-,23?/m1/s1. The maximum atomic E-state index is 13.1. The molecule has 3 aromatic rings. The van der Waals surface area contributed by atoms with Crippen molar-refractivity contribution in [3.8, 4) is 0 Å². The van der Waals surface area contributed by atoms with Crippen LogP contribution in [0.4, 0.5) is 0 Å². The van der Waals surface area contributed by atoms with Gasteiger partial charge in [0.2, 0.25) is 0 Å². The fourth-order valence-corrected chi connectivity index (χ4v) is 7.19. The number of carbonyl (C=O) groups is 1. The third kappa shape index (κ3) is 2.26. The van der Waals surface area contributed by atoms with Crippen LogP contribution >= 0.6 is 11.6 Å². The van der Waals surface area contributed by atoms with Crippen molar-refractivity contribution in [1.29, 1.82) is 0 Å². The number of allylic oxidation sites excluding steroid dienone is 2. The van der Waals surface area contributed by atoms with Crippen LogP contribution in [-0.4, -0.2) is 23.4 Å². The molecule has 1 heterocycles. The number of hydrogen-bond donors (Lipinski definition) is 0. The fraction of sp³-hybridized carbons (Fsp3) is 0.304. The second-order valence-electron chi connectivity index (χ2n) is 8.79. The third-order valence-electron chi connectivity index (χ3n) is 7.07. The first-order chi connectivity index (χ1) is 14.3. The number of rotatable bonds is 2. The smallest absolute Gasteiger partial charge is 0.282 e. The summed E-state index contributed by atoms with van der Waals surface area (Å²) < 4.78 is 27.3. The number of fused-ring (bicyclic) bond motifs is 5. The van der Waals surface area contributed by atoms with E-state index in [1.807, 2.05) is 19.1 Å². The van der Waals surface area contributed by atoms with Gasteiger partial charge in [0.05, 0.1) is 21.6 Å². The van der Waals surface area contributed by atoms with Crippen molar-refractivity contribution in [2.24, 2.45) is 11.3 Å². The van der Waals surface area contributed by atoms with Gasteiger partial charge in [0.25, 0.3) is 10.0 Å². The first kappa shape index (κ1) is 18.3. The van der Waals surface area contributed by atoms with Gasteiger partial charge < -0.3 is 0 Å². The molecule has 1 aromatic heterocycles. The van der Waals surface area contributed by atoms with E-state index in [9.17, 15) is 13.2 Å². The molecule has 1 fully saturated rings. The van der Waals surface area contributed by atoms with Crippen LogP contribution in [0.3, 0.4) is 0 Å². The number of Topliss-reactive ketones (excluding diaryl/α,β-unsaturated/α-hetero) is 1. The molecule has 2 aromatic carbocycles. The quantitative estimate of drug-likeness (QED) is 0.592. The number of aryl methyl sites for hydroxylation is 1. The largest absolute Gasteiger partial charge is 0.293 e. The zero-order valence-corrected chi connectivity index (χ0v) is 17.9. The summed E-state index contributed by atoms with van der Waals surface area (Å²) in [5.74, 6) is 0.0843. The maximum absolute atomic E-state index is 13.1. The van der Waals surface area contributed by atoms with Crippen molar-refractivity contribution >= 4 is 43.9 Å². The molecule has 152 valence electrons. The summed E-state index contributed by atoms with van der Waals surface area (Å²) in [7, 11) is -3.78. The van der Waals surface area contributed by atoms with Crippen molar-refractivity contribution in [3.05, 3.63) is 64.3 Å². The molecular formula is C23H19ClN2O3S. The van der Waals surface area contributed by atoms with Crippen molar-refractivity contribution < 1.29 is 13.2 Å². The Bertz CT molecular complexity index is 1400. The Labute approximate surface area is 179 Å². The molecule has 0 amide bonds. The Morgan fingerprint density at radius 1 is 1.17 bits per heavy atom. The molecule has 2 bridgehead atoms. The average Bonchev–Trinajstić information content (AvgIpc) is 3.41. The van der Waals surface area contributed by atoms with Crippen molar-refractivity contribution in [2.75, 3.05) is 0 Å². The lowest BCUT2D eigenvalue weighted by molar-refractivity contribution is -0.118. The van der Waals surface area contributed by atoms with Gasteiger partial charge >= 0.3 is 0 Å². The van der Waals surface area contributed by atoms with Crippen LogP contribution in [0.5, 0.6) is 0 Å². The second kappa shape index (κ2) is 5.83. The lowest BCUT2D eigenvalue weighted by atomic mass is 9.74. The van der Waals surface area contributed by atoms with Gasteiger partial charge in [-0.15, -0.1) is 0 Å². The van der Waals surface area contributed by atoms with Crippen LogP contribution in [0.2, 0.25) is 0 Å². The normalized spacial score (nSPS) is 25.1. The van der Waals surface area contributed by atoms with Gasteiger partial charge in [-0.25, -0.2) is 0 Å². The molecule has 30 heavy (non-hydrogen) atoms. The summed E-state index contributed by atoms with van der Waals surface area (Å²) in [4.78, 5) is 12.8. The highest BCUT2D eigenvalue weighted by Gasteiger charge is 2.54. The van der Waals surface area contributed by atoms with Crippen LogP contribution in [0.1, 0.15) is 36.0 Å². The molecule has 0 radical (unpaired) electrons. The van der Waals surface area contributed by atoms with E-state index in [4.69, 9.17) is 11.6 Å². The summed E-state index contributed by atoms with van der Waals surface area (Å²) >= 11 is 6.56. The lowest BCUT2D eigenvalue weighted by Crippen LogP contribution is -2.25. The number of nitrogens with zero attached hydrogens (tertiary/aromatic N) is 2. The third-order valence-corrected chi connectivity index (χ3v) is 9.00. The Balaban J connectivity index is 1.54. The Hall–Kier alpha value is -2.44. The lowest BCUT2D eigenvalue weighted by Gasteiger charge is -2.30. The number of benzene rings is 2. The zero-order valence-electron chi connectivity index (χ0n) is 16.4. The van der Waals surface area contributed by atoms with Gasteiger partial charge in [-0.1, -0.05) is 35.4 Å². The van der Waals surface area contributed by atoms with Crippen LogP contribution in [0.25, 0.3) is 16.5 Å². The van der Waals surface area contributed by atoms with E-state index in [1.54, 1.807) is 30.5 Å². The van der Waals surface area contributed by atoms with Crippen LogP contribution in [0.15, 0.2) is 52.5 Å². The molecule has 3 aliphatic rings. The van der Waals surface area contributed by atoms with E-state index < -0.39 is 10.0 Å². The predicted octanol–water partition coefficient (Wildman–Crippen LogP) is 4.46. The van der Waals surface area contributed by atoms with Gasteiger partial charge in [0, 0.05) is 16.7 Å². The fourth-order valence-electron chi connectivity index (χ4n) is 5.60. The molecule has 0 N–H and O–H groups in total. The van der Waals surface area contributed by atoms with Gasteiger partial charge in [-0.2, -0.15) is 17.6 Å². The first-order valence-electron chi connectivity index (χ1n) is 10.1. The zero-order chi connectivity index (χ0) is 20.8. The summed E-state index contributed by atoms with van der Waals surface area (Å²) in [5.41, 5.74) is 4.54. The summed E-state index contributed by atoms with van der Waals surface area (Å²) in [6.07, 6.45) is 5.05. The molecule has 1 spiro atoms. The topological polar surface area (TPSA) is 69.0 Å². The molecule has 0 aliphatic heterocycles. The number of carbonyl (C=O) groups excluding carboxylic acids is 1. The molecule has 3 aliphatic carbocycles. The minimum atomic E-state index is -3.78. The van der Waals surface area contributed by atoms with Crippen molar-refractivity contribution in [1.82, 2.24) is 9.19 Å². The first-order valence-corrected chi connectivity index (χ1v) is 11.9. The Kier molecular flexibility index (Phi) is 3.56. The second-order valence-corrected chi connectivity index (χ2v) is 11.0. The van der Waals surface area contributed by atoms with E-state index in [0.717, 1.165) is 57.4 Å². The molecule has 7 heteroatoms. The predicted molar refractivity (Wildman–Crippen MR) is 115 cm³/mol. The Morgan fingerprint density at radius 3 is 2.70 bits per heavy atom. The minimum Gasteiger partial charge on any atom is -0.293 e. The van der Waals surface area contributed by atoms with E-state index in [0.29, 0.717) is 10.5 Å². The SMILES string of the molecule is Cc1ccc(S(=O)(=O)n2cc3c4c(ccc3n2)C2=C(Cl)C(=O)[C@@H]3CCC2(C4)C3)cc1. The van der Waals surface area contributed by atoms with Crippen molar-refractivity contribution in [2.45, 2.75) is 37.5 Å². The minimum absolute atomic E-state index is 0.0238. The number of hydrogen-bond acceptors (Lipinski definition) is 4. The molecule has 5 nitrogen and oxygen atoms in total. The molecule has 2 atom stereocenters. The number of aromatic nitrogens is 2. The van der Waals surface area contributed by atoms with Crippen LogP contribution < -0.4 is 0 Å². The van der Waals surface area contributed by atoms with Gasteiger partial charge in [0.1, 0.15) is 0 Å². The Morgan fingerprint density at radius 2 is 1.93 bits per heavy atom. The highest BCUT2D eigenvalue weighted by molar-refractivity contribution is 7.89. The molecule has 1 saturated carbocycles. The monoisotopic (exact) mass is 438 g/mol. The molecule has 0 saturated heterocycles. The summed E-state index contributed by atoms with van der Waals surface area (Å²) in [6.45, 7) is 1.92. The van der Waals surface area contributed by atoms with E-state index in [2.05, 4.69) is 5.10 Å². The number of halogens is 1. The van der Waals surface area contributed by atoms with Gasteiger partial charge in [0.15, 0.2) is 5.78 Å².